The van der Waals surface area contributed by atoms with Gasteiger partial charge < -0.3 is 0 Å². The number of ketones is 1. The van der Waals surface area contributed by atoms with Crippen LogP contribution in [0.1, 0.15) is 105 Å². The van der Waals surface area contributed by atoms with Crippen LogP contribution in [-0.2, 0) is 11.3 Å². The van der Waals surface area contributed by atoms with Crippen molar-refractivity contribution in [3.63, 3.8) is 0 Å². The lowest BCUT2D eigenvalue weighted by molar-refractivity contribution is -0.131. The van der Waals surface area contributed by atoms with Crippen LogP contribution in [0, 0.1) is 53.8 Å². The third kappa shape index (κ3) is 4.78. The SMILES string of the molecule is CC.CC.Cc1ccc2nnn(CC(=O)C3CCC4C5CCC6CC(C)CCC6C5CCC34C)c2c1. The van der Waals surface area contributed by atoms with E-state index in [0.29, 0.717) is 12.3 Å². The van der Waals surface area contributed by atoms with Crippen LogP contribution < -0.4 is 0 Å². The van der Waals surface area contributed by atoms with Crippen molar-refractivity contribution in [2.75, 3.05) is 0 Å². The summed E-state index contributed by atoms with van der Waals surface area (Å²) < 4.78 is 1.85. The molecular weight excluding hydrogens is 442 g/mol. The van der Waals surface area contributed by atoms with E-state index in [2.05, 4.69) is 43.2 Å². The van der Waals surface area contributed by atoms with Gasteiger partial charge in [-0.1, -0.05) is 59.2 Å². The Bertz CT molecular complexity index is 1030. The second-order valence-electron chi connectivity index (χ2n) is 12.2. The highest BCUT2D eigenvalue weighted by Crippen LogP contribution is 2.64. The molecule has 36 heavy (non-hydrogen) atoms. The second-order valence-corrected chi connectivity index (χ2v) is 12.2. The van der Waals surface area contributed by atoms with Gasteiger partial charge in [-0.25, -0.2) is 4.68 Å². The summed E-state index contributed by atoms with van der Waals surface area (Å²) in [7, 11) is 0. The Morgan fingerprint density at radius 3 is 2.50 bits per heavy atom. The fraction of sp³-hybridized carbons (Fsp3) is 0.781. The Morgan fingerprint density at radius 2 is 1.72 bits per heavy atom. The molecule has 200 valence electrons. The van der Waals surface area contributed by atoms with Crippen LogP contribution in [0.2, 0.25) is 0 Å². The molecule has 4 aliphatic rings. The topological polar surface area (TPSA) is 47.8 Å². The van der Waals surface area contributed by atoms with Crippen LogP contribution in [-0.4, -0.2) is 20.8 Å². The van der Waals surface area contributed by atoms with Gasteiger partial charge in [0.05, 0.1) is 5.52 Å². The Labute approximate surface area is 220 Å². The van der Waals surface area contributed by atoms with Gasteiger partial charge >= 0.3 is 0 Å². The number of aryl methyl sites for hydroxylation is 1. The Hall–Kier alpha value is -1.71. The second kappa shape index (κ2) is 11.4. The molecule has 1 aromatic heterocycles. The van der Waals surface area contributed by atoms with Crippen LogP contribution >= 0.6 is 0 Å². The number of carbonyl (C=O) groups excluding carboxylic acids is 1. The van der Waals surface area contributed by atoms with Gasteiger partial charge in [-0.3, -0.25) is 4.79 Å². The number of hydrogen-bond acceptors (Lipinski definition) is 3. The molecular formula is C32H51N3O. The van der Waals surface area contributed by atoms with Crippen molar-refractivity contribution in [1.82, 2.24) is 15.0 Å². The summed E-state index contributed by atoms with van der Waals surface area (Å²) in [5.74, 6) is 6.06. The number of carbonyl (C=O) groups is 1. The summed E-state index contributed by atoms with van der Waals surface area (Å²) in [4.78, 5) is 13.6. The van der Waals surface area contributed by atoms with Crippen molar-refractivity contribution in [2.24, 2.45) is 46.8 Å². The van der Waals surface area contributed by atoms with E-state index in [1.165, 1.54) is 56.9 Å². The minimum absolute atomic E-state index is 0.194. The Kier molecular flexibility index (Phi) is 8.62. The number of benzene rings is 1. The molecule has 4 nitrogen and oxygen atoms in total. The molecule has 0 N–H and O–H groups in total. The monoisotopic (exact) mass is 493 g/mol. The van der Waals surface area contributed by atoms with Gasteiger partial charge in [-0.05, 0) is 117 Å². The largest absolute Gasteiger partial charge is 0.297 e. The highest BCUT2D eigenvalue weighted by Gasteiger charge is 2.58. The number of aromatic nitrogens is 3. The third-order valence-corrected chi connectivity index (χ3v) is 10.6. The average Bonchev–Trinajstić information content (AvgIpc) is 3.46. The van der Waals surface area contributed by atoms with E-state index in [1.807, 2.05) is 38.4 Å². The van der Waals surface area contributed by atoms with E-state index in [9.17, 15) is 4.79 Å². The maximum absolute atomic E-state index is 13.6. The molecule has 2 aromatic rings. The summed E-state index contributed by atoms with van der Waals surface area (Å²) in [6.07, 6.45) is 12.2. The molecule has 0 bridgehead atoms. The smallest absolute Gasteiger partial charge is 0.157 e. The number of nitrogens with zero attached hydrogens (tertiary/aromatic N) is 3. The van der Waals surface area contributed by atoms with Crippen LogP contribution in [0.15, 0.2) is 18.2 Å². The van der Waals surface area contributed by atoms with Crippen molar-refractivity contribution in [2.45, 2.75) is 113 Å². The van der Waals surface area contributed by atoms with Crippen LogP contribution in [0.5, 0.6) is 0 Å². The lowest BCUT2D eigenvalue weighted by atomic mass is 9.49. The number of hydrogen-bond donors (Lipinski definition) is 0. The summed E-state index contributed by atoms with van der Waals surface area (Å²) in [5, 5.41) is 8.63. The fourth-order valence-corrected chi connectivity index (χ4v) is 9.07. The molecule has 0 aliphatic heterocycles. The first-order valence-corrected chi connectivity index (χ1v) is 15.3. The van der Waals surface area contributed by atoms with E-state index in [0.717, 1.165) is 53.0 Å². The number of rotatable bonds is 3. The highest BCUT2D eigenvalue weighted by molar-refractivity contribution is 5.84. The zero-order valence-corrected chi connectivity index (χ0v) is 24.1. The normalized spacial score (nSPS) is 36.9. The first-order valence-electron chi connectivity index (χ1n) is 15.3. The standard InChI is InChI=1S/C28H39N3O.2C2H6/c1-17-4-7-20-19(14-17)6-8-22-21(20)12-13-28(3)23(22)9-10-24(28)27(32)16-31-26-15-18(2)5-11-25(26)29-30-31;2*1-2/h5,11,15,17,19-24H,4,6-10,12-14,16H2,1-3H3;2*1-2H3. The average molecular weight is 494 g/mol. The molecule has 1 aromatic carbocycles. The van der Waals surface area contributed by atoms with Gasteiger partial charge in [0, 0.05) is 5.92 Å². The van der Waals surface area contributed by atoms with Crippen molar-refractivity contribution < 1.29 is 4.79 Å². The minimum Gasteiger partial charge on any atom is -0.297 e. The molecule has 6 rings (SSSR count). The van der Waals surface area contributed by atoms with Gasteiger partial charge in [-0.15, -0.1) is 5.10 Å². The van der Waals surface area contributed by atoms with Crippen molar-refractivity contribution in [1.29, 1.82) is 0 Å². The van der Waals surface area contributed by atoms with Crippen molar-refractivity contribution in [3.8, 4) is 0 Å². The predicted octanol–water partition coefficient (Wildman–Crippen LogP) is 8.27. The Balaban J connectivity index is 0.000000726. The fourth-order valence-electron chi connectivity index (χ4n) is 9.07. The number of fused-ring (bicyclic) bond motifs is 6. The molecule has 0 amide bonds. The molecule has 4 saturated carbocycles. The lowest BCUT2D eigenvalue weighted by Gasteiger charge is -2.56. The minimum atomic E-state index is 0.194. The molecule has 0 radical (unpaired) electrons. The predicted molar refractivity (Wildman–Crippen MR) is 150 cm³/mol. The van der Waals surface area contributed by atoms with Crippen LogP contribution in [0.25, 0.3) is 11.0 Å². The van der Waals surface area contributed by atoms with E-state index in [4.69, 9.17) is 0 Å². The first kappa shape index (κ1) is 27.3. The van der Waals surface area contributed by atoms with Gasteiger partial charge in [0.15, 0.2) is 5.78 Å². The van der Waals surface area contributed by atoms with Crippen LogP contribution in [0.4, 0.5) is 0 Å². The summed E-state index contributed by atoms with van der Waals surface area (Å²) >= 11 is 0. The zero-order chi connectivity index (χ0) is 26.0. The summed E-state index contributed by atoms with van der Waals surface area (Å²) in [6.45, 7) is 15.4. The zero-order valence-electron chi connectivity index (χ0n) is 24.1. The Morgan fingerprint density at radius 1 is 0.972 bits per heavy atom. The molecule has 1 heterocycles. The summed E-state index contributed by atoms with van der Waals surface area (Å²) in [6, 6.07) is 6.18. The maximum atomic E-state index is 13.6. The first-order chi connectivity index (χ1) is 17.4. The van der Waals surface area contributed by atoms with E-state index < -0.39 is 0 Å². The van der Waals surface area contributed by atoms with Gasteiger partial charge in [0.1, 0.15) is 12.1 Å². The molecule has 4 fully saturated rings. The van der Waals surface area contributed by atoms with E-state index in [-0.39, 0.29) is 11.3 Å². The molecule has 0 spiro atoms. The van der Waals surface area contributed by atoms with Crippen molar-refractivity contribution >= 4 is 16.8 Å². The van der Waals surface area contributed by atoms with E-state index >= 15 is 0 Å². The quantitative estimate of drug-likeness (QED) is 0.432. The number of Topliss-reactive ketones (excluding diaryl/α,β-unsaturated/α-hetero) is 1. The molecule has 4 heteroatoms. The lowest BCUT2D eigenvalue weighted by Crippen LogP contribution is -2.49. The third-order valence-electron chi connectivity index (χ3n) is 10.6. The van der Waals surface area contributed by atoms with Crippen molar-refractivity contribution in [3.05, 3.63) is 23.8 Å². The van der Waals surface area contributed by atoms with E-state index in [1.54, 1.807) is 0 Å². The van der Waals surface area contributed by atoms with Gasteiger partial charge in [0.2, 0.25) is 0 Å². The van der Waals surface area contributed by atoms with Gasteiger partial charge in [0.25, 0.3) is 0 Å². The summed E-state index contributed by atoms with van der Waals surface area (Å²) in [5.41, 5.74) is 3.26. The van der Waals surface area contributed by atoms with Gasteiger partial charge in [-0.2, -0.15) is 0 Å². The molecule has 0 saturated heterocycles. The molecule has 8 atom stereocenters. The maximum Gasteiger partial charge on any atom is 0.157 e. The molecule has 8 unspecified atom stereocenters. The van der Waals surface area contributed by atoms with Crippen LogP contribution in [0.3, 0.4) is 0 Å². The highest BCUT2D eigenvalue weighted by atomic mass is 16.1. The molecule has 4 aliphatic carbocycles.